The Labute approximate surface area is 149 Å². The Morgan fingerprint density at radius 3 is 2.50 bits per heavy atom. The molecule has 1 aromatic carbocycles. The molecular formula is C16H24IN5. The quantitative estimate of drug-likeness (QED) is 0.450. The molecule has 0 saturated heterocycles. The summed E-state index contributed by atoms with van der Waals surface area (Å²) in [7, 11) is 1.91. The lowest BCUT2D eigenvalue weighted by Crippen LogP contribution is -2.36. The van der Waals surface area contributed by atoms with Crippen LogP contribution in [-0.2, 0) is 20.1 Å². The van der Waals surface area contributed by atoms with Crippen LogP contribution in [0.4, 0.5) is 0 Å². The third-order valence-corrected chi connectivity index (χ3v) is 3.10. The van der Waals surface area contributed by atoms with Gasteiger partial charge < -0.3 is 10.6 Å². The molecule has 2 N–H and O–H groups in total. The fourth-order valence-electron chi connectivity index (χ4n) is 1.96. The summed E-state index contributed by atoms with van der Waals surface area (Å²) in [6, 6.07) is 8.51. The van der Waals surface area contributed by atoms with E-state index in [1.54, 1.807) is 4.68 Å². The molecule has 2 aromatic rings. The van der Waals surface area contributed by atoms with Crippen LogP contribution in [0.5, 0.6) is 0 Å². The molecule has 0 amide bonds. The van der Waals surface area contributed by atoms with Gasteiger partial charge in [-0.1, -0.05) is 29.8 Å². The number of aryl methyl sites for hydroxylation is 2. The van der Waals surface area contributed by atoms with Crippen LogP contribution in [0.3, 0.4) is 0 Å². The van der Waals surface area contributed by atoms with Crippen LogP contribution < -0.4 is 10.6 Å². The molecule has 0 spiro atoms. The summed E-state index contributed by atoms with van der Waals surface area (Å²) in [5.41, 5.74) is 3.62. The van der Waals surface area contributed by atoms with E-state index in [0.29, 0.717) is 6.54 Å². The Bertz CT molecular complexity index is 589. The normalized spacial score (nSPS) is 11.0. The van der Waals surface area contributed by atoms with Crippen molar-refractivity contribution in [2.75, 3.05) is 6.54 Å². The predicted octanol–water partition coefficient (Wildman–Crippen LogP) is 2.60. The first-order chi connectivity index (χ1) is 10.2. The highest BCUT2D eigenvalue weighted by Crippen LogP contribution is 2.02. The van der Waals surface area contributed by atoms with E-state index in [2.05, 4.69) is 58.8 Å². The average molecular weight is 413 g/mol. The summed E-state index contributed by atoms with van der Waals surface area (Å²) in [6.45, 7) is 6.38. The molecule has 0 bridgehead atoms. The zero-order valence-electron chi connectivity index (χ0n) is 13.3. The molecule has 0 aliphatic heterocycles. The molecule has 1 aromatic heterocycles. The Morgan fingerprint density at radius 1 is 1.18 bits per heavy atom. The Hall–Kier alpha value is -1.57. The van der Waals surface area contributed by atoms with Crippen molar-refractivity contribution in [2.45, 2.75) is 26.9 Å². The number of hydrogen-bond acceptors (Lipinski definition) is 2. The molecule has 0 unspecified atom stereocenters. The maximum absolute atomic E-state index is 4.57. The van der Waals surface area contributed by atoms with Gasteiger partial charge in [0.1, 0.15) is 0 Å². The first kappa shape index (κ1) is 18.5. The van der Waals surface area contributed by atoms with E-state index in [4.69, 9.17) is 0 Å². The number of aromatic nitrogens is 2. The average Bonchev–Trinajstić information content (AvgIpc) is 2.89. The fraction of sp³-hybridized carbons (Fsp3) is 0.375. The van der Waals surface area contributed by atoms with Crippen LogP contribution in [0, 0.1) is 6.92 Å². The number of nitrogens with zero attached hydrogens (tertiary/aromatic N) is 3. The number of halogens is 1. The Balaban J connectivity index is 0.00000242. The summed E-state index contributed by atoms with van der Waals surface area (Å²) in [5, 5.41) is 10.7. The fourth-order valence-corrected chi connectivity index (χ4v) is 1.96. The van der Waals surface area contributed by atoms with Crippen molar-refractivity contribution in [3.8, 4) is 0 Å². The van der Waals surface area contributed by atoms with Gasteiger partial charge in [0, 0.05) is 31.9 Å². The van der Waals surface area contributed by atoms with Gasteiger partial charge in [-0.3, -0.25) is 4.68 Å². The van der Waals surface area contributed by atoms with Crippen molar-refractivity contribution in [3.63, 3.8) is 0 Å². The van der Waals surface area contributed by atoms with E-state index >= 15 is 0 Å². The molecule has 1 heterocycles. The molecule has 0 aliphatic carbocycles. The van der Waals surface area contributed by atoms with Crippen molar-refractivity contribution in [3.05, 3.63) is 53.3 Å². The van der Waals surface area contributed by atoms with Gasteiger partial charge in [-0.2, -0.15) is 5.10 Å². The van der Waals surface area contributed by atoms with E-state index in [1.807, 2.05) is 19.4 Å². The minimum atomic E-state index is 0. The monoisotopic (exact) mass is 413 g/mol. The molecule has 0 radical (unpaired) electrons. The number of aliphatic imine (C=N–C) groups is 1. The van der Waals surface area contributed by atoms with E-state index in [-0.39, 0.29) is 24.0 Å². The lowest BCUT2D eigenvalue weighted by molar-refractivity contribution is 0.766. The standard InChI is InChI=1S/C16H23N5.HI/c1-4-17-16(19-10-15-11-20-21(3)12-15)18-9-14-7-5-13(2)6-8-14;/h5-8,11-12H,4,9-10H2,1-3H3,(H2,17,18,19);1H. The van der Waals surface area contributed by atoms with Crippen LogP contribution in [0.15, 0.2) is 41.7 Å². The summed E-state index contributed by atoms with van der Waals surface area (Å²) >= 11 is 0. The summed E-state index contributed by atoms with van der Waals surface area (Å²) in [4.78, 5) is 4.57. The summed E-state index contributed by atoms with van der Waals surface area (Å²) in [5.74, 6) is 0.821. The second-order valence-corrected chi connectivity index (χ2v) is 5.06. The molecule has 0 saturated carbocycles. The van der Waals surface area contributed by atoms with Crippen molar-refractivity contribution >= 4 is 29.9 Å². The molecule has 22 heavy (non-hydrogen) atoms. The van der Waals surface area contributed by atoms with Crippen LogP contribution in [0.1, 0.15) is 23.6 Å². The molecule has 5 nitrogen and oxygen atoms in total. The lowest BCUT2D eigenvalue weighted by Gasteiger charge is -2.11. The molecule has 0 atom stereocenters. The Kier molecular flexibility index (Phi) is 7.94. The molecule has 2 rings (SSSR count). The number of benzene rings is 1. The van der Waals surface area contributed by atoms with Crippen LogP contribution in [0.2, 0.25) is 0 Å². The van der Waals surface area contributed by atoms with Gasteiger partial charge in [-0.15, -0.1) is 24.0 Å². The smallest absolute Gasteiger partial charge is 0.191 e. The van der Waals surface area contributed by atoms with E-state index in [9.17, 15) is 0 Å². The number of nitrogens with one attached hydrogen (secondary N) is 2. The van der Waals surface area contributed by atoms with Crippen LogP contribution in [0.25, 0.3) is 0 Å². The molecule has 120 valence electrons. The van der Waals surface area contributed by atoms with Crippen LogP contribution in [-0.4, -0.2) is 22.3 Å². The van der Waals surface area contributed by atoms with Gasteiger partial charge in [0.15, 0.2) is 5.96 Å². The molecular weight excluding hydrogens is 389 g/mol. The van der Waals surface area contributed by atoms with Crippen molar-refractivity contribution in [2.24, 2.45) is 12.0 Å². The van der Waals surface area contributed by atoms with Crippen molar-refractivity contribution < 1.29 is 0 Å². The first-order valence-corrected chi connectivity index (χ1v) is 7.22. The number of hydrogen-bond donors (Lipinski definition) is 2. The minimum absolute atomic E-state index is 0. The van der Waals surface area contributed by atoms with E-state index < -0.39 is 0 Å². The maximum Gasteiger partial charge on any atom is 0.191 e. The Morgan fingerprint density at radius 2 is 1.91 bits per heavy atom. The largest absolute Gasteiger partial charge is 0.357 e. The van der Waals surface area contributed by atoms with E-state index in [1.165, 1.54) is 11.1 Å². The first-order valence-electron chi connectivity index (χ1n) is 7.22. The second kappa shape index (κ2) is 9.45. The summed E-state index contributed by atoms with van der Waals surface area (Å²) in [6.07, 6.45) is 3.82. The van der Waals surface area contributed by atoms with Gasteiger partial charge in [0.05, 0.1) is 12.7 Å². The zero-order valence-corrected chi connectivity index (χ0v) is 15.7. The maximum atomic E-state index is 4.57. The molecule has 0 aliphatic rings. The highest BCUT2D eigenvalue weighted by Gasteiger charge is 1.99. The second-order valence-electron chi connectivity index (χ2n) is 5.06. The van der Waals surface area contributed by atoms with Crippen molar-refractivity contribution in [1.82, 2.24) is 20.4 Å². The van der Waals surface area contributed by atoms with Gasteiger partial charge in [-0.25, -0.2) is 4.99 Å². The lowest BCUT2D eigenvalue weighted by atomic mass is 10.1. The topological polar surface area (TPSA) is 54.2 Å². The minimum Gasteiger partial charge on any atom is -0.357 e. The van der Waals surface area contributed by atoms with Gasteiger partial charge in [0.2, 0.25) is 0 Å². The van der Waals surface area contributed by atoms with Gasteiger partial charge in [-0.05, 0) is 19.4 Å². The zero-order chi connectivity index (χ0) is 15.1. The highest BCUT2D eigenvalue weighted by atomic mass is 127. The third kappa shape index (κ3) is 6.05. The SMILES string of the molecule is CCNC(=NCc1cnn(C)c1)NCc1ccc(C)cc1.I. The molecule has 6 heteroatoms. The third-order valence-electron chi connectivity index (χ3n) is 3.10. The van der Waals surface area contributed by atoms with Crippen LogP contribution >= 0.6 is 24.0 Å². The molecule has 0 fully saturated rings. The van der Waals surface area contributed by atoms with Gasteiger partial charge >= 0.3 is 0 Å². The number of rotatable bonds is 5. The van der Waals surface area contributed by atoms with Gasteiger partial charge in [0.25, 0.3) is 0 Å². The highest BCUT2D eigenvalue weighted by molar-refractivity contribution is 14.0. The van der Waals surface area contributed by atoms with Crippen molar-refractivity contribution in [1.29, 1.82) is 0 Å². The predicted molar refractivity (Wildman–Crippen MR) is 101 cm³/mol. The summed E-state index contributed by atoms with van der Waals surface area (Å²) < 4.78 is 1.79. The van der Waals surface area contributed by atoms with E-state index in [0.717, 1.165) is 24.6 Å². The number of guanidine groups is 1.